The van der Waals surface area contributed by atoms with E-state index in [-0.39, 0.29) is 0 Å². The van der Waals surface area contributed by atoms with Gasteiger partial charge >= 0.3 is 0 Å². The molecule has 1 fully saturated rings. The molecule has 1 unspecified atom stereocenters. The summed E-state index contributed by atoms with van der Waals surface area (Å²) in [5, 5.41) is 4.62. The largest absolute Gasteiger partial charge is 0.360 e. The molecular formula is C18H19ClN2O3. The van der Waals surface area contributed by atoms with E-state index in [0.717, 1.165) is 61.3 Å². The van der Waals surface area contributed by atoms with Crippen LogP contribution in [0.2, 0.25) is 5.02 Å². The molecule has 1 saturated heterocycles. The maximum atomic E-state index is 11.4. The molecule has 126 valence electrons. The van der Waals surface area contributed by atoms with Crippen molar-refractivity contribution >= 4 is 17.9 Å². The van der Waals surface area contributed by atoms with Crippen molar-refractivity contribution in [2.24, 2.45) is 0 Å². The fraction of sp³-hybridized carbons (Fsp3) is 0.444. The van der Waals surface area contributed by atoms with E-state index in [4.69, 9.17) is 20.9 Å². The number of rotatable bonds is 3. The number of aryl methyl sites for hydroxylation is 1. The molecule has 0 amide bonds. The maximum absolute atomic E-state index is 11.4. The van der Waals surface area contributed by atoms with E-state index in [1.165, 1.54) is 0 Å². The maximum Gasteiger partial charge on any atom is 0.153 e. The van der Waals surface area contributed by atoms with Gasteiger partial charge in [0.1, 0.15) is 6.10 Å². The highest BCUT2D eigenvalue weighted by Gasteiger charge is 2.46. The summed E-state index contributed by atoms with van der Waals surface area (Å²) in [7, 11) is 0. The molecule has 1 aromatic heterocycles. The van der Waals surface area contributed by atoms with Crippen molar-refractivity contribution in [1.82, 2.24) is 10.1 Å². The number of nitrogens with zero attached hydrogens (tertiary/aromatic N) is 2. The second-order valence-corrected chi connectivity index (χ2v) is 7.05. The molecule has 24 heavy (non-hydrogen) atoms. The van der Waals surface area contributed by atoms with E-state index < -0.39 is 11.7 Å². The summed E-state index contributed by atoms with van der Waals surface area (Å²) in [6.07, 6.45) is 2.06. The number of aldehydes is 1. The van der Waals surface area contributed by atoms with E-state index in [9.17, 15) is 4.79 Å². The minimum atomic E-state index is -0.485. The lowest BCUT2D eigenvalue weighted by Crippen LogP contribution is -2.42. The molecule has 4 rings (SSSR count). The fourth-order valence-electron chi connectivity index (χ4n) is 3.81. The molecule has 0 bridgehead atoms. The highest BCUT2D eigenvalue weighted by Crippen LogP contribution is 2.49. The highest BCUT2D eigenvalue weighted by molar-refractivity contribution is 6.30. The number of hydrogen-bond donors (Lipinski definition) is 0. The quantitative estimate of drug-likeness (QED) is 0.797. The van der Waals surface area contributed by atoms with Crippen LogP contribution in [0.5, 0.6) is 0 Å². The molecule has 0 radical (unpaired) electrons. The minimum absolute atomic E-state index is 0.403. The molecule has 2 aromatic rings. The van der Waals surface area contributed by atoms with Gasteiger partial charge in [-0.3, -0.25) is 4.90 Å². The van der Waals surface area contributed by atoms with E-state index in [1.807, 2.05) is 31.2 Å². The third kappa shape index (κ3) is 2.66. The van der Waals surface area contributed by atoms with Crippen LogP contribution in [0.25, 0.3) is 0 Å². The van der Waals surface area contributed by atoms with Crippen molar-refractivity contribution in [1.29, 1.82) is 0 Å². The van der Waals surface area contributed by atoms with E-state index in [2.05, 4.69) is 10.1 Å². The zero-order valence-corrected chi connectivity index (χ0v) is 14.3. The van der Waals surface area contributed by atoms with Crippen LogP contribution >= 0.6 is 11.6 Å². The lowest BCUT2D eigenvalue weighted by atomic mass is 9.83. The summed E-state index contributed by atoms with van der Waals surface area (Å²) in [6.45, 7) is 4.41. The fourth-order valence-corrected chi connectivity index (χ4v) is 3.99. The molecule has 0 saturated carbocycles. The SMILES string of the molecule is Cc1cc(CN2CCC3(CC2)OC(C=O)c2ccc(Cl)cc23)on1. The predicted molar refractivity (Wildman–Crippen MR) is 88.8 cm³/mol. The molecule has 5 nitrogen and oxygen atoms in total. The summed E-state index contributed by atoms with van der Waals surface area (Å²) in [4.78, 5) is 13.7. The Morgan fingerprint density at radius 3 is 2.83 bits per heavy atom. The smallest absolute Gasteiger partial charge is 0.153 e. The second kappa shape index (κ2) is 5.99. The van der Waals surface area contributed by atoms with E-state index >= 15 is 0 Å². The van der Waals surface area contributed by atoms with Crippen LogP contribution in [0.3, 0.4) is 0 Å². The molecular weight excluding hydrogens is 328 g/mol. The first-order valence-corrected chi connectivity index (χ1v) is 8.55. The zero-order valence-electron chi connectivity index (χ0n) is 13.5. The van der Waals surface area contributed by atoms with Crippen LogP contribution in [0.4, 0.5) is 0 Å². The van der Waals surface area contributed by atoms with Crippen molar-refractivity contribution in [2.75, 3.05) is 13.1 Å². The Morgan fingerprint density at radius 2 is 2.17 bits per heavy atom. The van der Waals surface area contributed by atoms with Gasteiger partial charge in [0.2, 0.25) is 0 Å². The summed E-state index contributed by atoms with van der Waals surface area (Å²) in [5.74, 6) is 0.880. The van der Waals surface area contributed by atoms with Gasteiger partial charge < -0.3 is 14.1 Å². The number of ether oxygens (including phenoxy) is 1. The van der Waals surface area contributed by atoms with Crippen molar-refractivity contribution < 1.29 is 14.1 Å². The first-order valence-electron chi connectivity index (χ1n) is 8.17. The first kappa shape index (κ1) is 15.8. The third-order valence-electron chi connectivity index (χ3n) is 5.01. The zero-order chi connectivity index (χ0) is 16.7. The monoisotopic (exact) mass is 346 g/mol. The number of carbonyl (C=O) groups is 1. The van der Waals surface area contributed by atoms with Crippen LogP contribution in [0.15, 0.2) is 28.8 Å². The van der Waals surface area contributed by atoms with Gasteiger partial charge in [-0.1, -0.05) is 22.8 Å². The van der Waals surface area contributed by atoms with Crippen molar-refractivity contribution in [2.45, 2.75) is 38.0 Å². The summed E-state index contributed by atoms with van der Waals surface area (Å²) in [5.41, 5.74) is 2.52. The Hall–Kier alpha value is -1.69. The molecule has 1 spiro atoms. The van der Waals surface area contributed by atoms with Crippen LogP contribution in [0, 0.1) is 6.92 Å². The van der Waals surface area contributed by atoms with Gasteiger partial charge in [0.15, 0.2) is 12.0 Å². The molecule has 2 aliphatic heterocycles. The number of hydrogen-bond acceptors (Lipinski definition) is 5. The van der Waals surface area contributed by atoms with Crippen molar-refractivity contribution in [3.8, 4) is 0 Å². The van der Waals surface area contributed by atoms with Crippen LogP contribution in [0.1, 0.15) is 41.5 Å². The van der Waals surface area contributed by atoms with Gasteiger partial charge in [0.25, 0.3) is 0 Å². The lowest BCUT2D eigenvalue weighted by molar-refractivity contribution is -0.138. The Labute approximate surface area is 145 Å². The Morgan fingerprint density at radius 1 is 1.38 bits per heavy atom. The lowest BCUT2D eigenvalue weighted by Gasteiger charge is -2.39. The Kier molecular flexibility index (Phi) is 3.95. The van der Waals surface area contributed by atoms with Gasteiger partial charge in [0, 0.05) is 24.2 Å². The van der Waals surface area contributed by atoms with Gasteiger partial charge in [-0.15, -0.1) is 0 Å². The number of benzene rings is 1. The van der Waals surface area contributed by atoms with Crippen molar-refractivity contribution in [3.05, 3.63) is 51.9 Å². The topological polar surface area (TPSA) is 55.6 Å². The molecule has 0 aliphatic carbocycles. The van der Waals surface area contributed by atoms with Gasteiger partial charge in [-0.25, -0.2) is 0 Å². The Bertz CT molecular complexity index is 765. The number of aromatic nitrogens is 1. The predicted octanol–water partition coefficient (Wildman–Crippen LogP) is 3.40. The van der Waals surface area contributed by atoms with Crippen molar-refractivity contribution in [3.63, 3.8) is 0 Å². The average Bonchev–Trinajstić information content (AvgIpc) is 3.12. The molecule has 2 aliphatic rings. The number of fused-ring (bicyclic) bond motifs is 2. The number of halogens is 1. The molecule has 0 N–H and O–H groups in total. The van der Waals surface area contributed by atoms with Crippen LogP contribution in [-0.4, -0.2) is 29.4 Å². The summed E-state index contributed by atoms with van der Waals surface area (Å²) in [6, 6.07) is 7.65. The average molecular weight is 347 g/mol. The van der Waals surface area contributed by atoms with Gasteiger partial charge in [-0.2, -0.15) is 0 Å². The molecule has 1 atom stereocenters. The number of likely N-dealkylation sites (tertiary alicyclic amines) is 1. The minimum Gasteiger partial charge on any atom is -0.360 e. The number of piperidine rings is 1. The normalized spacial score (nSPS) is 22.7. The van der Waals surface area contributed by atoms with Crippen LogP contribution in [-0.2, 0) is 21.7 Å². The highest BCUT2D eigenvalue weighted by atomic mass is 35.5. The molecule has 1 aromatic carbocycles. The third-order valence-corrected chi connectivity index (χ3v) is 5.24. The summed E-state index contributed by atoms with van der Waals surface area (Å²) < 4.78 is 11.5. The van der Waals surface area contributed by atoms with Gasteiger partial charge in [-0.05, 0) is 43.0 Å². The van der Waals surface area contributed by atoms with Gasteiger partial charge in [0.05, 0.1) is 17.8 Å². The van der Waals surface area contributed by atoms with E-state index in [1.54, 1.807) is 0 Å². The standard InChI is InChI=1S/C18H19ClN2O3/c1-12-8-14(24-20-12)10-21-6-4-18(5-7-21)16-9-13(19)2-3-15(16)17(11-22)23-18/h2-3,8-9,11,17H,4-7,10H2,1H3. The molecule has 6 heteroatoms. The first-order chi connectivity index (χ1) is 11.6. The molecule has 3 heterocycles. The van der Waals surface area contributed by atoms with Crippen LogP contribution < -0.4 is 0 Å². The second-order valence-electron chi connectivity index (χ2n) is 6.61. The Balaban J connectivity index is 1.52. The van der Waals surface area contributed by atoms with E-state index in [0.29, 0.717) is 5.02 Å². The summed E-state index contributed by atoms with van der Waals surface area (Å²) >= 11 is 6.18. The number of carbonyl (C=O) groups excluding carboxylic acids is 1.